The fourth-order valence-electron chi connectivity index (χ4n) is 3.84. The summed E-state index contributed by atoms with van der Waals surface area (Å²) in [6, 6.07) is 14.1. The molecule has 1 amide bonds. The molecule has 1 aromatic heterocycles. The molecule has 4 rings (SSSR count). The van der Waals surface area contributed by atoms with Gasteiger partial charge in [0, 0.05) is 23.6 Å². The monoisotopic (exact) mass is 446 g/mol. The van der Waals surface area contributed by atoms with E-state index >= 15 is 0 Å². The SMILES string of the molecule is COc1ccc(N2C(=O)C(=O)/C(=C(\O)c3ccc(OC)c(OC)c3)C2c2ccncc2)cc1. The minimum absolute atomic E-state index is 0.0331. The van der Waals surface area contributed by atoms with E-state index in [1.165, 1.54) is 19.1 Å². The van der Waals surface area contributed by atoms with Gasteiger partial charge in [0.15, 0.2) is 11.5 Å². The van der Waals surface area contributed by atoms with E-state index in [1.54, 1.807) is 74.1 Å². The summed E-state index contributed by atoms with van der Waals surface area (Å²) in [5.41, 5.74) is 1.40. The van der Waals surface area contributed by atoms with Crippen molar-refractivity contribution < 1.29 is 28.9 Å². The number of amides is 1. The van der Waals surface area contributed by atoms with Crippen LogP contribution in [0.3, 0.4) is 0 Å². The minimum atomic E-state index is -0.852. The quantitative estimate of drug-likeness (QED) is 0.350. The van der Waals surface area contributed by atoms with Gasteiger partial charge in [0.2, 0.25) is 0 Å². The molecule has 8 nitrogen and oxygen atoms in total. The maximum absolute atomic E-state index is 13.2. The second kappa shape index (κ2) is 9.04. The van der Waals surface area contributed by atoms with Crippen molar-refractivity contribution in [1.29, 1.82) is 0 Å². The summed E-state index contributed by atoms with van der Waals surface area (Å²) in [7, 11) is 4.52. The molecule has 0 radical (unpaired) electrons. The summed E-state index contributed by atoms with van der Waals surface area (Å²) < 4.78 is 15.8. The first-order valence-corrected chi connectivity index (χ1v) is 10.1. The highest BCUT2D eigenvalue weighted by Gasteiger charge is 2.47. The number of aliphatic hydroxyl groups is 1. The van der Waals surface area contributed by atoms with E-state index in [9.17, 15) is 14.7 Å². The van der Waals surface area contributed by atoms with Crippen LogP contribution in [0.15, 0.2) is 72.6 Å². The standard InChI is InChI=1S/C25H22N2O6/c1-31-18-7-5-17(6-8-18)27-22(15-10-12-26-13-11-15)21(24(29)25(27)30)23(28)16-4-9-19(32-2)20(14-16)33-3/h4-14,22,28H,1-3H3/b23-21-. The van der Waals surface area contributed by atoms with E-state index < -0.39 is 17.7 Å². The normalized spacial score (nSPS) is 17.2. The van der Waals surface area contributed by atoms with E-state index in [2.05, 4.69) is 4.98 Å². The topological polar surface area (TPSA) is 98.2 Å². The summed E-state index contributed by atoms with van der Waals surface area (Å²) in [6.07, 6.45) is 3.14. The van der Waals surface area contributed by atoms with Crippen LogP contribution >= 0.6 is 0 Å². The predicted molar refractivity (Wildman–Crippen MR) is 122 cm³/mol. The Bertz CT molecular complexity index is 1220. The number of benzene rings is 2. The molecule has 2 heterocycles. The fraction of sp³-hybridized carbons (Fsp3) is 0.160. The van der Waals surface area contributed by atoms with Crippen molar-refractivity contribution in [2.24, 2.45) is 0 Å². The number of pyridine rings is 1. The lowest BCUT2D eigenvalue weighted by molar-refractivity contribution is -0.132. The van der Waals surface area contributed by atoms with Crippen molar-refractivity contribution in [2.45, 2.75) is 6.04 Å². The molecule has 0 aliphatic carbocycles. The molecule has 2 aromatic carbocycles. The van der Waals surface area contributed by atoms with Crippen molar-refractivity contribution in [2.75, 3.05) is 26.2 Å². The largest absolute Gasteiger partial charge is 0.507 e. The van der Waals surface area contributed by atoms with Crippen LogP contribution in [-0.4, -0.2) is 43.1 Å². The molecule has 1 N–H and O–H groups in total. The molecule has 168 valence electrons. The zero-order valence-electron chi connectivity index (χ0n) is 18.3. The Balaban J connectivity index is 1.90. The first-order chi connectivity index (χ1) is 16.0. The maximum atomic E-state index is 13.2. The number of aliphatic hydroxyl groups excluding tert-OH is 1. The van der Waals surface area contributed by atoms with Crippen LogP contribution in [0.1, 0.15) is 17.2 Å². The molecule has 8 heteroatoms. The van der Waals surface area contributed by atoms with Crippen LogP contribution in [0.5, 0.6) is 17.2 Å². The summed E-state index contributed by atoms with van der Waals surface area (Å²) >= 11 is 0. The Morgan fingerprint density at radius 1 is 0.879 bits per heavy atom. The molecule has 1 unspecified atom stereocenters. The predicted octanol–water partition coefficient (Wildman–Crippen LogP) is 3.73. The zero-order valence-corrected chi connectivity index (χ0v) is 18.3. The summed E-state index contributed by atoms with van der Waals surface area (Å²) in [5.74, 6) is -0.387. The van der Waals surface area contributed by atoms with Crippen molar-refractivity contribution >= 4 is 23.1 Å². The molecule has 33 heavy (non-hydrogen) atoms. The van der Waals surface area contributed by atoms with Gasteiger partial charge in [-0.1, -0.05) is 0 Å². The summed E-state index contributed by atoms with van der Waals surface area (Å²) in [5, 5.41) is 11.2. The Morgan fingerprint density at radius 3 is 2.15 bits per heavy atom. The van der Waals surface area contributed by atoms with Crippen LogP contribution in [0.4, 0.5) is 5.69 Å². The molecule has 0 bridgehead atoms. The van der Waals surface area contributed by atoms with Crippen molar-refractivity contribution in [1.82, 2.24) is 4.98 Å². The second-order valence-electron chi connectivity index (χ2n) is 7.22. The molecule has 3 aromatic rings. The highest BCUT2D eigenvalue weighted by molar-refractivity contribution is 6.51. The van der Waals surface area contributed by atoms with Gasteiger partial charge < -0.3 is 19.3 Å². The van der Waals surface area contributed by atoms with E-state index in [0.29, 0.717) is 34.1 Å². The van der Waals surface area contributed by atoms with Crippen molar-refractivity contribution in [3.63, 3.8) is 0 Å². The molecular formula is C25H22N2O6. The average molecular weight is 446 g/mol. The number of ether oxygens (including phenoxy) is 3. The molecule has 1 aliphatic rings. The summed E-state index contributed by atoms with van der Waals surface area (Å²) in [6.45, 7) is 0. The Labute approximate surface area is 190 Å². The molecule has 0 saturated carbocycles. The van der Waals surface area contributed by atoms with E-state index in [1.807, 2.05) is 0 Å². The molecule has 1 fully saturated rings. The Kier molecular flexibility index (Phi) is 5.99. The number of aromatic nitrogens is 1. The fourth-order valence-corrected chi connectivity index (χ4v) is 3.84. The molecular weight excluding hydrogens is 424 g/mol. The van der Waals surface area contributed by atoms with Crippen molar-refractivity contribution in [3.05, 3.63) is 83.7 Å². The van der Waals surface area contributed by atoms with Gasteiger partial charge in [-0.3, -0.25) is 19.5 Å². The van der Waals surface area contributed by atoms with E-state index in [4.69, 9.17) is 14.2 Å². The van der Waals surface area contributed by atoms with Crippen LogP contribution in [0.2, 0.25) is 0 Å². The summed E-state index contributed by atoms with van der Waals surface area (Å²) in [4.78, 5) is 31.7. The number of rotatable bonds is 6. The average Bonchev–Trinajstić information content (AvgIpc) is 3.14. The van der Waals surface area contributed by atoms with E-state index in [0.717, 1.165) is 0 Å². The molecule has 0 spiro atoms. The van der Waals surface area contributed by atoms with Gasteiger partial charge in [-0.25, -0.2) is 0 Å². The van der Waals surface area contributed by atoms with Gasteiger partial charge in [0.25, 0.3) is 11.7 Å². The van der Waals surface area contributed by atoms with Crippen molar-refractivity contribution in [3.8, 4) is 17.2 Å². The molecule has 1 aliphatic heterocycles. The van der Waals surface area contributed by atoms with E-state index in [-0.39, 0.29) is 11.3 Å². The Hall–Kier alpha value is -4.33. The number of Topliss-reactive ketones (excluding diaryl/α,β-unsaturated/α-hetero) is 1. The third-order valence-corrected chi connectivity index (χ3v) is 5.47. The van der Waals surface area contributed by atoms with Crippen LogP contribution in [-0.2, 0) is 9.59 Å². The lowest BCUT2D eigenvalue weighted by Gasteiger charge is -2.25. The van der Waals surface area contributed by atoms with Crippen LogP contribution in [0, 0.1) is 0 Å². The highest BCUT2D eigenvalue weighted by Crippen LogP contribution is 2.43. The highest BCUT2D eigenvalue weighted by atomic mass is 16.5. The second-order valence-corrected chi connectivity index (χ2v) is 7.22. The van der Waals surface area contributed by atoms with Crippen LogP contribution in [0.25, 0.3) is 5.76 Å². The number of carbonyl (C=O) groups is 2. The van der Waals surface area contributed by atoms with Gasteiger partial charge >= 0.3 is 0 Å². The van der Waals surface area contributed by atoms with Gasteiger partial charge in [-0.05, 0) is 60.2 Å². The molecule has 1 saturated heterocycles. The number of hydrogen-bond acceptors (Lipinski definition) is 7. The number of nitrogens with zero attached hydrogens (tertiary/aromatic N) is 2. The van der Waals surface area contributed by atoms with Gasteiger partial charge in [0.05, 0.1) is 32.9 Å². The first kappa shape index (κ1) is 21.9. The lowest BCUT2D eigenvalue weighted by Crippen LogP contribution is -2.29. The third kappa shape index (κ3) is 3.87. The zero-order chi connectivity index (χ0) is 23.5. The number of carbonyl (C=O) groups excluding carboxylic acids is 2. The number of hydrogen-bond donors (Lipinski definition) is 1. The third-order valence-electron chi connectivity index (χ3n) is 5.47. The number of anilines is 1. The molecule has 1 atom stereocenters. The maximum Gasteiger partial charge on any atom is 0.300 e. The lowest BCUT2D eigenvalue weighted by atomic mass is 9.95. The van der Waals surface area contributed by atoms with Gasteiger partial charge in [-0.15, -0.1) is 0 Å². The van der Waals surface area contributed by atoms with Gasteiger partial charge in [0.1, 0.15) is 11.5 Å². The first-order valence-electron chi connectivity index (χ1n) is 10.1. The minimum Gasteiger partial charge on any atom is -0.507 e. The smallest absolute Gasteiger partial charge is 0.300 e. The number of ketones is 1. The Morgan fingerprint density at radius 2 is 1.55 bits per heavy atom. The van der Waals surface area contributed by atoms with Gasteiger partial charge in [-0.2, -0.15) is 0 Å². The number of methoxy groups -OCH3 is 3. The van der Waals surface area contributed by atoms with Crippen LogP contribution < -0.4 is 19.1 Å².